The maximum Gasteiger partial charge on any atom is 0.251 e. The van der Waals surface area contributed by atoms with Gasteiger partial charge < -0.3 is 10.6 Å². The Labute approximate surface area is 167 Å². The van der Waals surface area contributed by atoms with E-state index in [9.17, 15) is 4.79 Å². The van der Waals surface area contributed by atoms with Crippen LogP contribution in [0.4, 0.5) is 0 Å². The van der Waals surface area contributed by atoms with Crippen LogP contribution in [0.3, 0.4) is 0 Å². The lowest BCUT2D eigenvalue weighted by Gasteiger charge is -2.10. The molecule has 5 rings (SSSR count). The Hall–Kier alpha value is -2.70. The van der Waals surface area contributed by atoms with Crippen LogP contribution in [-0.4, -0.2) is 34.9 Å². The second-order valence-electron chi connectivity index (χ2n) is 7.50. The van der Waals surface area contributed by atoms with Crippen molar-refractivity contribution >= 4 is 32.4 Å². The van der Waals surface area contributed by atoms with Gasteiger partial charge in [0.1, 0.15) is 0 Å². The van der Waals surface area contributed by atoms with Crippen LogP contribution in [0.1, 0.15) is 22.3 Å². The van der Waals surface area contributed by atoms with Gasteiger partial charge in [0, 0.05) is 23.9 Å². The molecule has 1 atom stereocenters. The number of thiazole rings is 1. The highest BCUT2D eigenvalue weighted by molar-refractivity contribution is 7.23. The standard InChI is InChI=1S/C22H22N4OS/c1-14-2-4-16(5-3-14)18-13-26-19-7-6-17(10-20(19)28-22(26)25-18)21(27)24-12-15-8-9-23-11-15/h2-7,10,13,15,23H,8-9,11-12H2,1H3,(H,24,27)/t15-/m1/s1. The summed E-state index contributed by atoms with van der Waals surface area (Å²) in [6.07, 6.45) is 3.20. The van der Waals surface area contributed by atoms with Crippen molar-refractivity contribution in [1.82, 2.24) is 20.0 Å². The van der Waals surface area contributed by atoms with Crippen LogP contribution >= 0.6 is 11.3 Å². The second-order valence-corrected chi connectivity index (χ2v) is 8.51. The third-order valence-corrected chi connectivity index (χ3v) is 6.43. The topological polar surface area (TPSA) is 58.4 Å². The highest BCUT2D eigenvalue weighted by Gasteiger charge is 2.17. The molecule has 0 saturated carbocycles. The number of rotatable bonds is 4. The van der Waals surface area contributed by atoms with Crippen LogP contribution in [0.25, 0.3) is 26.4 Å². The van der Waals surface area contributed by atoms with Crippen molar-refractivity contribution in [2.24, 2.45) is 5.92 Å². The minimum Gasteiger partial charge on any atom is -0.352 e. The molecule has 4 aromatic rings. The number of nitrogens with one attached hydrogen (secondary N) is 2. The van der Waals surface area contributed by atoms with E-state index < -0.39 is 0 Å². The normalized spacial score (nSPS) is 16.8. The number of carbonyl (C=O) groups excluding carboxylic acids is 1. The Morgan fingerprint density at radius 2 is 2.14 bits per heavy atom. The van der Waals surface area contributed by atoms with Gasteiger partial charge in [-0.05, 0) is 50.6 Å². The van der Waals surface area contributed by atoms with Gasteiger partial charge >= 0.3 is 0 Å². The third kappa shape index (κ3) is 3.19. The van der Waals surface area contributed by atoms with E-state index in [0.717, 1.165) is 52.5 Å². The van der Waals surface area contributed by atoms with Crippen molar-refractivity contribution in [3.05, 3.63) is 59.8 Å². The van der Waals surface area contributed by atoms with Crippen LogP contribution in [0.15, 0.2) is 48.7 Å². The summed E-state index contributed by atoms with van der Waals surface area (Å²) in [5.41, 5.74) is 5.13. The summed E-state index contributed by atoms with van der Waals surface area (Å²) in [6.45, 7) is 4.86. The number of hydrogen-bond donors (Lipinski definition) is 2. The molecule has 2 aromatic carbocycles. The van der Waals surface area contributed by atoms with Crippen LogP contribution in [0.2, 0.25) is 0 Å². The molecule has 1 aliphatic heterocycles. The first-order chi connectivity index (χ1) is 13.7. The maximum absolute atomic E-state index is 12.5. The summed E-state index contributed by atoms with van der Waals surface area (Å²) < 4.78 is 3.19. The Kier molecular flexibility index (Phi) is 4.37. The molecule has 3 heterocycles. The van der Waals surface area contributed by atoms with Crippen LogP contribution < -0.4 is 10.6 Å². The van der Waals surface area contributed by atoms with Crippen molar-refractivity contribution in [1.29, 1.82) is 0 Å². The molecule has 5 nitrogen and oxygen atoms in total. The molecule has 1 amide bonds. The van der Waals surface area contributed by atoms with E-state index in [-0.39, 0.29) is 5.91 Å². The summed E-state index contributed by atoms with van der Waals surface area (Å²) in [4.78, 5) is 18.2. The van der Waals surface area contributed by atoms with Gasteiger partial charge in [-0.25, -0.2) is 4.98 Å². The van der Waals surface area contributed by atoms with Crippen molar-refractivity contribution in [3.8, 4) is 11.3 Å². The van der Waals surface area contributed by atoms with Crippen molar-refractivity contribution in [2.45, 2.75) is 13.3 Å². The summed E-state index contributed by atoms with van der Waals surface area (Å²) in [5.74, 6) is 0.540. The van der Waals surface area contributed by atoms with Crippen LogP contribution in [0.5, 0.6) is 0 Å². The summed E-state index contributed by atoms with van der Waals surface area (Å²) in [6, 6.07) is 14.3. The molecule has 1 aliphatic rings. The van der Waals surface area contributed by atoms with Gasteiger partial charge in [-0.1, -0.05) is 41.2 Å². The largest absolute Gasteiger partial charge is 0.352 e. The maximum atomic E-state index is 12.5. The monoisotopic (exact) mass is 390 g/mol. The predicted molar refractivity (Wildman–Crippen MR) is 114 cm³/mol. The fraction of sp³-hybridized carbons (Fsp3) is 0.273. The predicted octanol–water partition coefficient (Wildman–Crippen LogP) is 3.86. The number of fused-ring (bicyclic) bond motifs is 3. The molecule has 0 spiro atoms. The minimum absolute atomic E-state index is 0.000171. The van der Waals surface area contributed by atoms with E-state index in [1.807, 2.05) is 18.2 Å². The number of aryl methyl sites for hydroxylation is 1. The van der Waals surface area contributed by atoms with Gasteiger partial charge in [0.05, 0.1) is 15.9 Å². The fourth-order valence-corrected chi connectivity index (χ4v) is 4.78. The zero-order chi connectivity index (χ0) is 19.1. The highest BCUT2D eigenvalue weighted by atomic mass is 32.1. The number of amides is 1. The molecule has 2 aromatic heterocycles. The minimum atomic E-state index is 0.000171. The molecule has 2 N–H and O–H groups in total. The highest BCUT2D eigenvalue weighted by Crippen LogP contribution is 2.30. The zero-order valence-electron chi connectivity index (χ0n) is 15.7. The van der Waals surface area contributed by atoms with Crippen LogP contribution in [-0.2, 0) is 0 Å². The van der Waals surface area contributed by atoms with Gasteiger partial charge in [-0.3, -0.25) is 9.20 Å². The van der Waals surface area contributed by atoms with E-state index in [0.29, 0.717) is 11.5 Å². The number of hydrogen-bond acceptors (Lipinski definition) is 4. The Morgan fingerprint density at radius 3 is 2.93 bits per heavy atom. The van der Waals surface area contributed by atoms with Gasteiger partial charge in [0.2, 0.25) is 0 Å². The van der Waals surface area contributed by atoms with E-state index in [1.54, 1.807) is 11.3 Å². The lowest BCUT2D eigenvalue weighted by atomic mass is 10.1. The van der Waals surface area contributed by atoms with E-state index in [2.05, 4.69) is 52.4 Å². The van der Waals surface area contributed by atoms with Gasteiger partial charge in [-0.15, -0.1) is 0 Å². The lowest BCUT2D eigenvalue weighted by Crippen LogP contribution is -2.30. The van der Waals surface area contributed by atoms with Crippen molar-refractivity contribution in [2.75, 3.05) is 19.6 Å². The van der Waals surface area contributed by atoms with Gasteiger partial charge in [0.15, 0.2) is 4.96 Å². The number of carbonyl (C=O) groups is 1. The first-order valence-corrected chi connectivity index (χ1v) is 10.5. The molecule has 0 bridgehead atoms. The molecular formula is C22H22N4OS. The second kappa shape index (κ2) is 7.04. The Morgan fingerprint density at radius 1 is 1.29 bits per heavy atom. The van der Waals surface area contributed by atoms with Gasteiger partial charge in [0.25, 0.3) is 5.91 Å². The quantitative estimate of drug-likeness (QED) is 0.556. The number of benzene rings is 2. The van der Waals surface area contributed by atoms with E-state index >= 15 is 0 Å². The average Bonchev–Trinajstić information content (AvgIpc) is 3.42. The first kappa shape index (κ1) is 17.4. The molecule has 142 valence electrons. The number of imidazole rings is 1. The summed E-state index contributed by atoms with van der Waals surface area (Å²) >= 11 is 1.62. The molecular weight excluding hydrogens is 368 g/mol. The first-order valence-electron chi connectivity index (χ1n) is 9.65. The molecule has 0 unspecified atom stereocenters. The SMILES string of the molecule is Cc1ccc(-c2cn3c(n2)sc2cc(C(=O)NC[C@@H]4CCNC4)ccc23)cc1. The molecule has 6 heteroatoms. The van der Waals surface area contributed by atoms with E-state index in [1.165, 1.54) is 5.56 Å². The molecule has 28 heavy (non-hydrogen) atoms. The molecule has 0 aliphatic carbocycles. The Balaban J connectivity index is 1.41. The molecule has 0 radical (unpaired) electrons. The Bertz CT molecular complexity index is 1150. The van der Waals surface area contributed by atoms with E-state index in [4.69, 9.17) is 4.98 Å². The molecule has 1 saturated heterocycles. The molecule has 1 fully saturated rings. The number of nitrogens with zero attached hydrogens (tertiary/aromatic N) is 2. The lowest BCUT2D eigenvalue weighted by molar-refractivity contribution is 0.0948. The summed E-state index contributed by atoms with van der Waals surface area (Å²) in [7, 11) is 0. The van der Waals surface area contributed by atoms with Crippen LogP contribution in [0, 0.1) is 12.8 Å². The van der Waals surface area contributed by atoms with Crippen molar-refractivity contribution < 1.29 is 4.79 Å². The fourth-order valence-electron chi connectivity index (χ4n) is 3.73. The van der Waals surface area contributed by atoms with Crippen molar-refractivity contribution in [3.63, 3.8) is 0 Å². The number of aromatic nitrogens is 2. The van der Waals surface area contributed by atoms with Gasteiger partial charge in [-0.2, -0.15) is 0 Å². The smallest absolute Gasteiger partial charge is 0.251 e. The third-order valence-electron chi connectivity index (χ3n) is 5.42. The average molecular weight is 391 g/mol. The zero-order valence-corrected chi connectivity index (χ0v) is 16.6. The summed E-state index contributed by atoms with van der Waals surface area (Å²) in [5, 5.41) is 6.40.